The van der Waals surface area contributed by atoms with E-state index in [0.717, 1.165) is 24.3 Å². The molecule has 3 rings (SSSR count). The molecule has 0 spiro atoms. The highest BCUT2D eigenvalue weighted by atomic mass is 16.6. The molecule has 0 saturated heterocycles. The minimum atomic E-state index is -0.442. The van der Waals surface area contributed by atoms with E-state index < -0.39 is 4.92 Å². The third kappa shape index (κ3) is 5.17. The highest BCUT2D eigenvalue weighted by Crippen LogP contribution is 2.25. The number of benzene rings is 2. The summed E-state index contributed by atoms with van der Waals surface area (Å²) in [7, 11) is 1.99. The summed E-state index contributed by atoms with van der Waals surface area (Å²) in [4.78, 5) is 12.4. The molecule has 0 bridgehead atoms. The first-order valence-corrected chi connectivity index (χ1v) is 9.42. The molecule has 0 radical (unpaired) electrons. The van der Waals surface area contributed by atoms with Gasteiger partial charge in [-0.3, -0.25) is 15.0 Å². The first-order valence-electron chi connectivity index (χ1n) is 9.42. The molecule has 1 atom stereocenters. The molecule has 2 aromatic carbocycles. The predicted molar refractivity (Wildman–Crippen MR) is 109 cm³/mol. The van der Waals surface area contributed by atoms with E-state index in [9.17, 15) is 10.1 Å². The standard InChI is InChI=1S/C21H24N4O4/c1-15-7-4-5-8-19(15)28-14-6-13-24(3)16(2)20-22-23-21(29-20)17-9-11-18(12-10-17)25(26)27/h4-5,7-12,16H,6,13-14H2,1-3H3. The molecule has 1 unspecified atom stereocenters. The van der Waals surface area contributed by atoms with Crippen molar-refractivity contribution in [1.82, 2.24) is 15.1 Å². The average molecular weight is 396 g/mol. The summed E-state index contributed by atoms with van der Waals surface area (Å²) in [6, 6.07) is 13.9. The third-order valence-electron chi connectivity index (χ3n) is 4.79. The smallest absolute Gasteiger partial charge is 0.269 e. The topological polar surface area (TPSA) is 94.5 Å². The summed E-state index contributed by atoms with van der Waals surface area (Å²) in [6.07, 6.45) is 0.860. The Labute approximate surface area is 169 Å². The molecular weight excluding hydrogens is 372 g/mol. The van der Waals surface area contributed by atoms with Gasteiger partial charge in [0.2, 0.25) is 11.8 Å². The molecule has 0 saturated carbocycles. The number of para-hydroxylation sites is 1. The van der Waals surface area contributed by atoms with E-state index >= 15 is 0 Å². The first-order chi connectivity index (χ1) is 14.0. The van der Waals surface area contributed by atoms with E-state index in [2.05, 4.69) is 15.1 Å². The van der Waals surface area contributed by atoms with Gasteiger partial charge >= 0.3 is 0 Å². The first kappa shape index (κ1) is 20.5. The number of hydrogen-bond acceptors (Lipinski definition) is 7. The normalized spacial score (nSPS) is 12.1. The largest absolute Gasteiger partial charge is 0.493 e. The van der Waals surface area contributed by atoms with Gasteiger partial charge in [-0.15, -0.1) is 10.2 Å². The highest BCUT2D eigenvalue weighted by molar-refractivity contribution is 5.55. The van der Waals surface area contributed by atoms with Crippen molar-refractivity contribution in [3.05, 3.63) is 70.1 Å². The molecule has 8 heteroatoms. The maximum atomic E-state index is 10.8. The van der Waals surface area contributed by atoms with Crippen LogP contribution in [0.4, 0.5) is 5.69 Å². The van der Waals surface area contributed by atoms with Gasteiger partial charge in [0.05, 0.1) is 17.6 Å². The number of nitrogens with zero attached hydrogens (tertiary/aromatic N) is 4. The maximum Gasteiger partial charge on any atom is 0.269 e. The van der Waals surface area contributed by atoms with Gasteiger partial charge in [0.1, 0.15) is 5.75 Å². The number of aromatic nitrogens is 2. The van der Waals surface area contributed by atoms with Crippen molar-refractivity contribution in [2.24, 2.45) is 0 Å². The Bertz CT molecular complexity index is 955. The number of rotatable bonds is 9. The zero-order chi connectivity index (χ0) is 20.8. The summed E-state index contributed by atoms with van der Waals surface area (Å²) in [5.41, 5.74) is 1.80. The van der Waals surface area contributed by atoms with Crippen LogP contribution < -0.4 is 4.74 Å². The molecule has 0 aliphatic heterocycles. The van der Waals surface area contributed by atoms with Crippen molar-refractivity contribution in [2.75, 3.05) is 20.2 Å². The molecule has 0 aliphatic rings. The summed E-state index contributed by atoms with van der Waals surface area (Å²) in [5.74, 6) is 1.76. The van der Waals surface area contributed by atoms with Gasteiger partial charge in [-0.2, -0.15) is 0 Å². The van der Waals surface area contributed by atoms with Gasteiger partial charge in [0, 0.05) is 24.2 Å². The van der Waals surface area contributed by atoms with Gasteiger partial charge in [0.25, 0.3) is 5.69 Å². The van der Waals surface area contributed by atoms with Gasteiger partial charge in [-0.05, 0) is 51.1 Å². The van der Waals surface area contributed by atoms with E-state index in [1.807, 2.05) is 45.2 Å². The van der Waals surface area contributed by atoms with Gasteiger partial charge < -0.3 is 9.15 Å². The molecular formula is C21H24N4O4. The van der Waals surface area contributed by atoms with E-state index in [-0.39, 0.29) is 11.7 Å². The zero-order valence-corrected chi connectivity index (χ0v) is 16.7. The minimum absolute atomic E-state index is 0.0227. The van der Waals surface area contributed by atoms with Gasteiger partial charge in [-0.1, -0.05) is 18.2 Å². The van der Waals surface area contributed by atoms with Crippen LogP contribution in [0, 0.1) is 17.0 Å². The van der Waals surface area contributed by atoms with Crippen LogP contribution in [0.5, 0.6) is 5.75 Å². The van der Waals surface area contributed by atoms with Crippen molar-refractivity contribution in [3.63, 3.8) is 0 Å². The van der Waals surface area contributed by atoms with Crippen LogP contribution >= 0.6 is 0 Å². The predicted octanol–water partition coefficient (Wildman–Crippen LogP) is 4.42. The number of ether oxygens (including phenoxy) is 1. The molecule has 1 heterocycles. The second-order valence-electron chi connectivity index (χ2n) is 6.87. The van der Waals surface area contributed by atoms with E-state index in [4.69, 9.17) is 9.15 Å². The Morgan fingerprint density at radius 3 is 2.59 bits per heavy atom. The number of hydrogen-bond donors (Lipinski definition) is 0. The third-order valence-corrected chi connectivity index (χ3v) is 4.79. The molecule has 0 aliphatic carbocycles. The fourth-order valence-electron chi connectivity index (χ4n) is 2.84. The van der Waals surface area contributed by atoms with Crippen molar-refractivity contribution < 1.29 is 14.1 Å². The van der Waals surface area contributed by atoms with Gasteiger partial charge in [0.15, 0.2) is 0 Å². The van der Waals surface area contributed by atoms with Crippen LogP contribution in [0.3, 0.4) is 0 Å². The highest BCUT2D eigenvalue weighted by Gasteiger charge is 2.19. The second-order valence-corrected chi connectivity index (χ2v) is 6.87. The fourth-order valence-corrected chi connectivity index (χ4v) is 2.84. The zero-order valence-electron chi connectivity index (χ0n) is 16.7. The fraction of sp³-hybridized carbons (Fsp3) is 0.333. The van der Waals surface area contributed by atoms with Crippen LogP contribution in [0.2, 0.25) is 0 Å². The Hall–Kier alpha value is -3.26. The van der Waals surface area contributed by atoms with Crippen LogP contribution in [-0.2, 0) is 0 Å². The van der Waals surface area contributed by atoms with Crippen molar-refractivity contribution in [3.8, 4) is 17.2 Å². The van der Waals surface area contributed by atoms with Crippen LogP contribution in [0.25, 0.3) is 11.5 Å². The Balaban J connectivity index is 1.52. The summed E-state index contributed by atoms with van der Waals surface area (Å²) in [5, 5.41) is 19.0. The van der Waals surface area contributed by atoms with Crippen molar-refractivity contribution >= 4 is 5.69 Å². The molecule has 8 nitrogen and oxygen atoms in total. The number of non-ortho nitro benzene ring substituents is 1. The quantitative estimate of drug-likeness (QED) is 0.300. The van der Waals surface area contributed by atoms with Crippen LogP contribution in [0.1, 0.15) is 30.8 Å². The maximum absolute atomic E-state index is 10.8. The van der Waals surface area contributed by atoms with E-state index in [1.54, 1.807) is 12.1 Å². The molecule has 29 heavy (non-hydrogen) atoms. The molecule has 152 valence electrons. The lowest BCUT2D eigenvalue weighted by Gasteiger charge is -2.21. The summed E-state index contributed by atoms with van der Waals surface area (Å²) < 4.78 is 11.6. The van der Waals surface area contributed by atoms with E-state index in [0.29, 0.717) is 24.0 Å². The van der Waals surface area contributed by atoms with Gasteiger partial charge in [-0.25, -0.2) is 0 Å². The lowest BCUT2D eigenvalue weighted by molar-refractivity contribution is -0.384. The Morgan fingerprint density at radius 1 is 1.17 bits per heavy atom. The molecule has 3 aromatic rings. The Kier molecular flexibility index (Phi) is 6.56. The summed E-state index contributed by atoms with van der Waals surface area (Å²) >= 11 is 0. The number of nitro benzene ring substituents is 1. The van der Waals surface area contributed by atoms with Crippen LogP contribution in [-0.4, -0.2) is 40.2 Å². The molecule has 1 aromatic heterocycles. The van der Waals surface area contributed by atoms with Crippen LogP contribution in [0.15, 0.2) is 52.9 Å². The number of aryl methyl sites for hydroxylation is 1. The average Bonchev–Trinajstić information content (AvgIpc) is 3.22. The lowest BCUT2D eigenvalue weighted by atomic mass is 10.2. The monoisotopic (exact) mass is 396 g/mol. The van der Waals surface area contributed by atoms with Crippen molar-refractivity contribution in [1.29, 1.82) is 0 Å². The summed E-state index contributed by atoms with van der Waals surface area (Å²) in [6.45, 7) is 5.46. The van der Waals surface area contributed by atoms with E-state index in [1.165, 1.54) is 12.1 Å². The molecule has 0 amide bonds. The molecule has 0 fully saturated rings. The Morgan fingerprint density at radius 2 is 1.90 bits per heavy atom. The minimum Gasteiger partial charge on any atom is -0.493 e. The number of nitro groups is 1. The second kappa shape index (κ2) is 9.29. The SMILES string of the molecule is Cc1ccccc1OCCCN(C)C(C)c1nnc(-c2ccc([N+](=O)[O-])cc2)o1. The van der Waals surface area contributed by atoms with Crippen molar-refractivity contribution in [2.45, 2.75) is 26.3 Å². The molecule has 0 N–H and O–H groups in total. The lowest BCUT2D eigenvalue weighted by Crippen LogP contribution is -2.25.